The summed E-state index contributed by atoms with van der Waals surface area (Å²) in [5, 5.41) is 1.73. The number of carbonyl (C=O) groups excluding carboxylic acids is 3. The van der Waals surface area contributed by atoms with Crippen LogP contribution < -0.4 is 15.1 Å². The van der Waals surface area contributed by atoms with Crippen LogP contribution in [0, 0.1) is 0 Å². The highest BCUT2D eigenvalue weighted by Crippen LogP contribution is 2.30. The van der Waals surface area contributed by atoms with Gasteiger partial charge in [0.1, 0.15) is 17.5 Å². The first-order chi connectivity index (χ1) is 16.6. The van der Waals surface area contributed by atoms with Gasteiger partial charge in [-0.3, -0.25) is 20.0 Å². The molecule has 4 amide bonds. The third kappa shape index (κ3) is 5.69. The molecule has 13 heteroatoms. The number of pyridine rings is 1. The fourth-order valence-electron chi connectivity index (χ4n) is 3.72. The molecule has 186 valence electrons. The van der Waals surface area contributed by atoms with Crippen LogP contribution >= 0.6 is 0 Å². The number of anilines is 1. The van der Waals surface area contributed by atoms with Gasteiger partial charge in [-0.2, -0.15) is 0 Å². The van der Waals surface area contributed by atoms with E-state index in [1.54, 1.807) is 18.0 Å². The number of urea groups is 1. The number of hydrazine groups is 1. The molecular formula is C22H22F3N5O5. The SMILES string of the molecule is CC1C(=O)N(c2ccc(OC(F)(F)F)cc2)C(=O)N1Cc1ccnc(C(=O)NN2CCOCC2)c1. The number of nitrogens with one attached hydrogen (secondary N) is 1. The molecule has 2 fully saturated rings. The standard InChI is InChI=1S/C22H22F3N5O5/c1-14-20(32)30(16-2-4-17(5-3-16)35-22(23,24)25)21(33)29(14)13-15-6-7-26-18(12-15)19(31)27-28-8-10-34-11-9-28/h2-7,12,14H,8-11,13H2,1H3,(H,27,31). The van der Waals surface area contributed by atoms with E-state index in [0.717, 1.165) is 17.0 Å². The summed E-state index contributed by atoms with van der Waals surface area (Å²) in [6.07, 6.45) is -3.41. The molecule has 1 unspecified atom stereocenters. The second kappa shape index (κ2) is 9.88. The van der Waals surface area contributed by atoms with Gasteiger partial charge in [0, 0.05) is 25.8 Å². The van der Waals surface area contributed by atoms with Gasteiger partial charge in [-0.15, -0.1) is 13.2 Å². The highest BCUT2D eigenvalue weighted by molar-refractivity contribution is 6.21. The summed E-state index contributed by atoms with van der Waals surface area (Å²) in [6.45, 7) is 3.68. The number of carbonyl (C=O) groups is 3. The molecule has 0 bridgehead atoms. The summed E-state index contributed by atoms with van der Waals surface area (Å²) >= 11 is 0. The van der Waals surface area contributed by atoms with Gasteiger partial charge < -0.3 is 14.4 Å². The van der Waals surface area contributed by atoms with Gasteiger partial charge in [0.05, 0.1) is 18.9 Å². The van der Waals surface area contributed by atoms with Gasteiger partial charge in [0.15, 0.2) is 0 Å². The van der Waals surface area contributed by atoms with E-state index in [-0.39, 0.29) is 17.9 Å². The van der Waals surface area contributed by atoms with Gasteiger partial charge in [-0.05, 0) is 48.9 Å². The Morgan fingerprint density at radius 1 is 1.17 bits per heavy atom. The number of aromatic nitrogens is 1. The van der Waals surface area contributed by atoms with E-state index in [0.29, 0.717) is 31.9 Å². The van der Waals surface area contributed by atoms with Crippen molar-refractivity contribution in [3.63, 3.8) is 0 Å². The Morgan fingerprint density at radius 3 is 2.51 bits per heavy atom. The van der Waals surface area contributed by atoms with Gasteiger partial charge in [0.2, 0.25) is 0 Å². The zero-order valence-electron chi connectivity index (χ0n) is 18.6. The lowest BCUT2D eigenvalue weighted by atomic mass is 10.2. The maximum Gasteiger partial charge on any atom is 0.573 e. The second-order valence-corrected chi connectivity index (χ2v) is 7.89. The molecule has 0 radical (unpaired) electrons. The Labute approximate surface area is 198 Å². The second-order valence-electron chi connectivity index (χ2n) is 7.89. The molecule has 1 N–H and O–H groups in total. The Balaban J connectivity index is 1.45. The van der Waals surface area contributed by atoms with Crippen LogP contribution in [-0.4, -0.2) is 71.4 Å². The summed E-state index contributed by atoms with van der Waals surface area (Å²) in [7, 11) is 0. The first-order valence-electron chi connectivity index (χ1n) is 10.7. The van der Waals surface area contributed by atoms with Crippen LogP contribution in [0.2, 0.25) is 0 Å². The lowest BCUT2D eigenvalue weighted by Crippen LogP contribution is -2.48. The number of benzene rings is 1. The van der Waals surface area contributed by atoms with Crippen molar-refractivity contribution in [3.05, 3.63) is 53.9 Å². The van der Waals surface area contributed by atoms with Crippen LogP contribution in [0.5, 0.6) is 5.75 Å². The first-order valence-corrected chi connectivity index (χ1v) is 10.7. The molecule has 1 aromatic carbocycles. The normalized spacial score (nSPS) is 19.3. The molecule has 0 aliphatic carbocycles. The van der Waals surface area contributed by atoms with E-state index >= 15 is 0 Å². The Kier molecular flexibility index (Phi) is 6.89. The van der Waals surface area contributed by atoms with E-state index in [1.807, 2.05) is 0 Å². The third-order valence-electron chi connectivity index (χ3n) is 5.49. The molecule has 2 saturated heterocycles. The number of ether oxygens (including phenoxy) is 2. The number of hydrogen-bond donors (Lipinski definition) is 1. The number of hydrogen-bond acceptors (Lipinski definition) is 7. The van der Waals surface area contributed by atoms with Gasteiger partial charge in [-0.1, -0.05) is 0 Å². The molecule has 0 saturated carbocycles. The predicted octanol–water partition coefficient (Wildman–Crippen LogP) is 2.31. The molecule has 2 aliphatic heterocycles. The molecule has 1 aromatic heterocycles. The Morgan fingerprint density at radius 2 is 1.86 bits per heavy atom. The van der Waals surface area contributed by atoms with Gasteiger partial charge in [-0.25, -0.2) is 14.7 Å². The average molecular weight is 493 g/mol. The highest BCUT2D eigenvalue weighted by Gasteiger charge is 2.43. The Bertz CT molecular complexity index is 1110. The van der Waals surface area contributed by atoms with E-state index in [1.165, 1.54) is 29.3 Å². The number of alkyl halides is 3. The quantitative estimate of drug-likeness (QED) is 0.616. The summed E-state index contributed by atoms with van der Waals surface area (Å²) in [6, 6.07) is 6.16. The lowest BCUT2D eigenvalue weighted by Gasteiger charge is -2.26. The number of rotatable bonds is 6. The van der Waals surface area contributed by atoms with E-state index in [9.17, 15) is 27.6 Å². The summed E-state index contributed by atoms with van der Waals surface area (Å²) < 4.78 is 46.2. The molecule has 1 atom stereocenters. The van der Waals surface area contributed by atoms with E-state index < -0.39 is 36.0 Å². The van der Waals surface area contributed by atoms with Crippen molar-refractivity contribution in [2.45, 2.75) is 25.9 Å². The fourth-order valence-corrected chi connectivity index (χ4v) is 3.72. The first kappa shape index (κ1) is 24.4. The molecule has 2 aromatic rings. The van der Waals surface area contributed by atoms with Crippen LogP contribution in [0.3, 0.4) is 0 Å². The smallest absolute Gasteiger partial charge is 0.406 e. The van der Waals surface area contributed by atoms with Crippen molar-refractivity contribution < 1.29 is 37.0 Å². The number of nitrogens with zero attached hydrogens (tertiary/aromatic N) is 4. The summed E-state index contributed by atoms with van der Waals surface area (Å²) in [5.41, 5.74) is 3.60. The van der Waals surface area contributed by atoms with Crippen molar-refractivity contribution in [1.82, 2.24) is 20.3 Å². The predicted molar refractivity (Wildman–Crippen MR) is 115 cm³/mol. The van der Waals surface area contributed by atoms with Gasteiger partial charge >= 0.3 is 12.4 Å². The molecule has 3 heterocycles. The number of amides is 4. The fraction of sp³-hybridized carbons (Fsp3) is 0.364. The van der Waals surface area contributed by atoms with Gasteiger partial charge in [0.25, 0.3) is 11.8 Å². The van der Waals surface area contributed by atoms with Crippen molar-refractivity contribution in [1.29, 1.82) is 0 Å². The third-order valence-corrected chi connectivity index (χ3v) is 5.49. The van der Waals surface area contributed by atoms with Crippen LogP contribution in [0.15, 0.2) is 42.6 Å². The summed E-state index contributed by atoms with van der Waals surface area (Å²) in [5.74, 6) is -1.41. The topological polar surface area (TPSA) is 104 Å². The lowest BCUT2D eigenvalue weighted by molar-refractivity contribution is -0.274. The monoisotopic (exact) mass is 493 g/mol. The molecule has 35 heavy (non-hydrogen) atoms. The highest BCUT2D eigenvalue weighted by atomic mass is 19.4. The van der Waals surface area contributed by atoms with E-state index in [4.69, 9.17) is 4.74 Å². The van der Waals surface area contributed by atoms with Crippen LogP contribution in [0.4, 0.5) is 23.7 Å². The van der Waals surface area contributed by atoms with Crippen molar-refractivity contribution in [2.75, 3.05) is 31.2 Å². The van der Waals surface area contributed by atoms with Crippen molar-refractivity contribution in [3.8, 4) is 5.75 Å². The van der Waals surface area contributed by atoms with Crippen LogP contribution in [-0.2, 0) is 16.1 Å². The zero-order chi connectivity index (χ0) is 25.2. The number of halogens is 3. The average Bonchev–Trinajstić information content (AvgIpc) is 3.03. The van der Waals surface area contributed by atoms with Crippen molar-refractivity contribution in [2.24, 2.45) is 0 Å². The summed E-state index contributed by atoms with van der Waals surface area (Å²) in [4.78, 5) is 44.7. The maximum atomic E-state index is 13.0. The number of morpholine rings is 1. The molecule has 0 spiro atoms. The molecule has 2 aliphatic rings. The molecular weight excluding hydrogens is 471 g/mol. The zero-order valence-corrected chi connectivity index (χ0v) is 18.6. The van der Waals surface area contributed by atoms with Crippen LogP contribution in [0.25, 0.3) is 0 Å². The molecule has 4 rings (SSSR count). The minimum absolute atomic E-state index is 0.0257. The number of imide groups is 1. The minimum atomic E-state index is -4.85. The Hall–Kier alpha value is -3.71. The minimum Gasteiger partial charge on any atom is -0.406 e. The van der Waals surface area contributed by atoms with E-state index in [2.05, 4.69) is 15.1 Å². The molecule has 10 nitrogen and oxygen atoms in total. The van der Waals surface area contributed by atoms with Crippen molar-refractivity contribution >= 4 is 23.5 Å². The maximum absolute atomic E-state index is 13.0. The van der Waals surface area contributed by atoms with Crippen LogP contribution in [0.1, 0.15) is 23.0 Å². The largest absolute Gasteiger partial charge is 0.573 e.